The minimum atomic E-state index is -1.18. The monoisotopic (exact) mass is 474 g/mol. The lowest BCUT2D eigenvalue weighted by Gasteiger charge is -2.15. The maximum absolute atomic E-state index is 11.7. The molecule has 33 heavy (non-hydrogen) atoms. The lowest BCUT2D eigenvalue weighted by atomic mass is 10.1. The highest BCUT2D eigenvalue weighted by Gasteiger charge is 2.21. The molecule has 0 saturated carbocycles. The van der Waals surface area contributed by atoms with E-state index in [1.807, 2.05) is 6.92 Å². The van der Waals surface area contributed by atoms with Gasteiger partial charge in [-0.25, -0.2) is 9.59 Å². The molecule has 8 heteroatoms. The molecule has 2 unspecified atom stereocenters. The molecule has 0 aliphatic heterocycles. The predicted octanol–water partition coefficient (Wildman–Crippen LogP) is 5.56. The lowest BCUT2D eigenvalue weighted by molar-refractivity contribution is -0.146. The van der Waals surface area contributed by atoms with Crippen LogP contribution in [-0.2, 0) is 19.1 Å². The average molecular weight is 475 g/mol. The molecule has 0 aliphatic carbocycles. The van der Waals surface area contributed by atoms with Crippen LogP contribution >= 0.6 is 0 Å². The molecular weight excluding hydrogens is 424 g/mol. The molecule has 196 valence electrons. The molecule has 0 aromatic carbocycles. The first-order valence-corrected chi connectivity index (χ1v) is 12.9. The molecule has 0 spiro atoms. The van der Waals surface area contributed by atoms with Crippen molar-refractivity contribution in [3.05, 3.63) is 0 Å². The highest BCUT2D eigenvalue weighted by atomic mass is 16.5. The van der Waals surface area contributed by atoms with E-state index in [0.29, 0.717) is 19.6 Å². The minimum absolute atomic E-state index is 0.236. The number of carbonyl (C=O) groups is 3. The van der Waals surface area contributed by atoms with Crippen LogP contribution in [0.5, 0.6) is 0 Å². The van der Waals surface area contributed by atoms with E-state index in [2.05, 4.69) is 26.1 Å². The third kappa shape index (κ3) is 23.1. The number of nitrogens with two attached hydrogens (primary N) is 1. The number of amides is 1. The second-order valence-electron chi connectivity index (χ2n) is 8.35. The van der Waals surface area contributed by atoms with Gasteiger partial charge in [0, 0.05) is 0 Å². The standard InChI is InChI=1S/C13H25NO4.C12H25NO2/c1-3-5-7-8-10-18-12(15)11(9-6-4-2)14-13(16)17;1-3-5-7-8-10-15-12(14)11(13)9-6-4-2/h11,14H,3-10H2,1-2H3,(H,16,17);11H,3-10,13H2,1-2H3. The summed E-state index contributed by atoms with van der Waals surface area (Å²) >= 11 is 0. The summed E-state index contributed by atoms with van der Waals surface area (Å²) in [6.07, 6.45) is 12.5. The number of carbonyl (C=O) groups excluding carboxylic acids is 2. The molecule has 0 rings (SSSR count). The number of unbranched alkanes of at least 4 members (excludes halogenated alkanes) is 8. The molecule has 4 N–H and O–H groups in total. The molecule has 0 fully saturated rings. The average Bonchev–Trinajstić information content (AvgIpc) is 2.79. The molecular formula is C25H50N2O6. The Balaban J connectivity index is 0. The van der Waals surface area contributed by atoms with Gasteiger partial charge in [-0.1, -0.05) is 91.9 Å². The second-order valence-corrected chi connectivity index (χ2v) is 8.35. The number of ether oxygens (including phenoxy) is 2. The maximum Gasteiger partial charge on any atom is 0.405 e. The van der Waals surface area contributed by atoms with E-state index >= 15 is 0 Å². The van der Waals surface area contributed by atoms with Gasteiger partial charge >= 0.3 is 18.0 Å². The summed E-state index contributed by atoms with van der Waals surface area (Å²) in [7, 11) is 0. The van der Waals surface area contributed by atoms with Crippen LogP contribution in [0.1, 0.15) is 118 Å². The fourth-order valence-electron chi connectivity index (χ4n) is 2.96. The van der Waals surface area contributed by atoms with Gasteiger partial charge in [-0.3, -0.25) is 4.79 Å². The minimum Gasteiger partial charge on any atom is -0.465 e. The lowest BCUT2D eigenvalue weighted by Crippen LogP contribution is -2.41. The van der Waals surface area contributed by atoms with Crippen molar-refractivity contribution in [2.24, 2.45) is 5.73 Å². The van der Waals surface area contributed by atoms with Crippen LogP contribution in [0, 0.1) is 0 Å². The van der Waals surface area contributed by atoms with Crippen LogP contribution in [0.4, 0.5) is 4.79 Å². The Kier molecular flexibility index (Phi) is 25.1. The van der Waals surface area contributed by atoms with E-state index < -0.39 is 24.1 Å². The fourth-order valence-corrected chi connectivity index (χ4v) is 2.96. The van der Waals surface area contributed by atoms with Gasteiger partial charge in [0.25, 0.3) is 0 Å². The van der Waals surface area contributed by atoms with Crippen molar-refractivity contribution in [1.82, 2.24) is 5.32 Å². The molecule has 0 aromatic heterocycles. The van der Waals surface area contributed by atoms with E-state index in [0.717, 1.165) is 70.6 Å². The number of nitrogens with one attached hydrogen (secondary N) is 1. The Morgan fingerprint density at radius 3 is 1.61 bits per heavy atom. The zero-order valence-corrected chi connectivity index (χ0v) is 21.5. The van der Waals surface area contributed by atoms with Gasteiger partial charge < -0.3 is 25.6 Å². The third-order valence-corrected chi connectivity index (χ3v) is 5.08. The van der Waals surface area contributed by atoms with Crippen molar-refractivity contribution in [3.8, 4) is 0 Å². The first-order chi connectivity index (χ1) is 15.8. The third-order valence-electron chi connectivity index (χ3n) is 5.08. The van der Waals surface area contributed by atoms with Crippen molar-refractivity contribution in [2.75, 3.05) is 13.2 Å². The summed E-state index contributed by atoms with van der Waals surface area (Å²) < 4.78 is 10.2. The number of rotatable bonds is 19. The van der Waals surface area contributed by atoms with Crippen molar-refractivity contribution in [2.45, 2.75) is 130 Å². The van der Waals surface area contributed by atoms with Crippen LogP contribution in [0.15, 0.2) is 0 Å². The first-order valence-electron chi connectivity index (χ1n) is 12.9. The van der Waals surface area contributed by atoms with Crippen molar-refractivity contribution in [3.63, 3.8) is 0 Å². The van der Waals surface area contributed by atoms with Gasteiger partial charge in [0.15, 0.2) is 0 Å². The largest absolute Gasteiger partial charge is 0.465 e. The molecule has 0 saturated heterocycles. The molecule has 0 heterocycles. The summed E-state index contributed by atoms with van der Waals surface area (Å²) in [6.45, 7) is 9.26. The van der Waals surface area contributed by atoms with Gasteiger partial charge in [0.05, 0.1) is 13.2 Å². The Bertz CT molecular complexity index is 488. The van der Waals surface area contributed by atoms with Crippen LogP contribution < -0.4 is 11.1 Å². The number of carboxylic acid groups (broad SMARTS) is 1. The van der Waals surface area contributed by atoms with Gasteiger partial charge in [-0.05, 0) is 25.7 Å². The highest BCUT2D eigenvalue weighted by Crippen LogP contribution is 2.05. The summed E-state index contributed by atoms with van der Waals surface area (Å²) in [4.78, 5) is 33.6. The molecule has 0 aromatic rings. The fraction of sp³-hybridized carbons (Fsp3) is 0.880. The zero-order chi connectivity index (χ0) is 25.3. The van der Waals surface area contributed by atoms with Crippen LogP contribution in [0.2, 0.25) is 0 Å². The molecule has 2 atom stereocenters. The number of hydrogen-bond donors (Lipinski definition) is 3. The second kappa shape index (κ2) is 24.8. The van der Waals surface area contributed by atoms with Crippen LogP contribution in [-0.4, -0.2) is 48.4 Å². The summed E-state index contributed by atoms with van der Waals surface area (Å²) in [5.41, 5.74) is 5.67. The summed E-state index contributed by atoms with van der Waals surface area (Å²) in [5.74, 6) is -0.692. The quantitative estimate of drug-likeness (QED) is 0.165. The van der Waals surface area contributed by atoms with E-state index in [4.69, 9.17) is 20.3 Å². The smallest absolute Gasteiger partial charge is 0.405 e. The molecule has 1 amide bonds. The van der Waals surface area contributed by atoms with Crippen LogP contribution in [0.3, 0.4) is 0 Å². The van der Waals surface area contributed by atoms with Gasteiger partial charge in [-0.15, -0.1) is 0 Å². The highest BCUT2D eigenvalue weighted by molar-refractivity contribution is 5.80. The van der Waals surface area contributed by atoms with Gasteiger partial charge in [0.1, 0.15) is 12.1 Å². The van der Waals surface area contributed by atoms with E-state index in [1.54, 1.807) is 0 Å². The SMILES string of the molecule is CCCCCCOC(=O)C(CCCC)NC(=O)O.CCCCCCOC(=O)C(N)CCCC. The Labute approximate surface area is 201 Å². The summed E-state index contributed by atoms with van der Waals surface area (Å²) in [6, 6.07) is -1.15. The Morgan fingerprint density at radius 2 is 1.15 bits per heavy atom. The number of esters is 2. The topological polar surface area (TPSA) is 128 Å². The maximum atomic E-state index is 11.7. The zero-order valence-electron chi connectivity index (χ0n) is 21.5. The van der Waals surface area contributed by atoms with Crippen molar-refractivity contribution >= 4 is 18.0 Å². The van der Waals surface area contributed by atoms with Gasteiger partial charge in [0.2, 0.25) is 0 Å². The Morgan fingerprint density at radius 1 is 0.697 bits per heavy atom. The molecule has 8 nitrogen and oxygen atoms in total. The normalized spacial score (nSPS) is 12.2. The molecule has 0 radical (unpaired) electrons. The number of hydrogen-bond acceptors (Lipinski definition) is 6. The van der Waals surface area contributed by atoms with E-state index in [9.17, 15) is 14.4 Å². The molecule has 0 aliphatic rings. The van der Waals surface area contributed by atoms with E-state index in [-0.39, 0.29) is 5.97 Å². The molecule has 0 bridgehead atoms. The summed E-state index contributed by atoms with van der Waals surface area (Å²) in [5, 5.41) is 10.9. The predicted molar refractivity (Wildman–Crippen MR) is 132 cm³/mol. The first kappa shape index (κ1) is 33.3. The van der Waals surface area contributed by atoms with Crippen LogP contribution in [0.25, 0.3) is 0 Å². The Hall–Kier alpha value is -1.83. The van der Waals surface area contributed by atoms with Crippen molar-refractivity contribution < 1.29 is 29.0 Å². The van der Waals surface area contributed by atoms with E-state index in [1.165, 1.54) is 12.8 Å². The van der Waals surface area contributed by atoms with Gasteiger partial charge in [-0.2, -0.15) is 0 Å². The van der Waals surface area contributed by atoms with Crippen molar-refractivity contribution in [1.29, 1.82) is 0 Å².